The third kappa shape index (κ3) is 2.33. The van der Waals surface area contributed by atoms with Gasteiger partial charge in [0, 0.05) is 11.4 Å². The van der Waals surface area contributed by atoms with E-state index in [2.05, 4.69) is 16.4 Å². The molecule has 0 aliphatic carbocycles. The summed E-state index contributed by atoms with van der Waals surface area (Å²) in [4.78, 5) is 19.6. The van der Waals surface area contributed by atoms with Crippen molar-refractivity contribution in [2.75, 3.05) is 6.54 Å². The Morgan fingerprint density at radius 1 is 1.46 bits per heavy atom. The highest BCUT2D eigenvalue weighted by Gasteiger charge is 2.21. The Kier molecular flexibility index (Phi) is 3.68. The second kappa shape index (κ2) is 5.86. The molecule has 0 saturated carbocycles. The SMILES string of the molecule is C[C@H](c1cccc(C#N)c1)n1cnc2sc3c(c2c1=O)CCNC3. The Hall–Kier alpha value is -2.49. The number of nitrogens with one attached hydrogen (secondary N) is 1. The van der Waals surface area contributed by atoms with Crippen molar-refractivity contribution in [3.8, 4) is 6.07 Å². The summed E-state index contributed by atoms with van der Waals surface area (Å²) < 4.78 is 1.67. The van der Waals surface area contributed by atoms with E-state index >= 15 is 0 Å². The average Bonchev–Trinajstić information content (AvgIpc) is 3.01. The molecule has 0 amide bonds. The molecule has 1 atom stereocenters. The van der Waals surface area contributed by atoms with E-state index in [1.165, 1.54) is 4.88 Å². The summed E-state index contributed by atoms with van der Waals surface area (Å²) in [7, 11) is 0. The van der Waals surface area contributed by atoms with Gasteiger partial charge in [0.2, 0.25) is 0 Å². The highest BCUT2D eigenvalue weighted by Crippen LogP contribution is 2.30. The van der Waals surface area contributed by atoms with Gasteiger partial charge in [0.25, 0.3) is 5.56 Å². The van der Waals surface area contributed by atoms with Crippen molar-refractivity contribution in [1.29, 1.82) is 5.26 Å². The number of aromatic nitrogens is 2. The van der Waals surface area contributed by atoms with Crippen molar-refractivity contribution >= 4 is 21.6 Å². The van der Waals surface area contributed by atoms with Gasteiger partial charge in [0.15, 0.2) is 0 Å². The molecule has 24 heavy (non-hydrogen) atoms. The smallest absolute Gasteiger partial charge is 0.262 e. The molecule has 3 aromatic rings. The molecule has 0 saturated heterocycles. The Morgan fingerprint density at radius 3 is 3.17 bits per heavy atom. The summed E-state index contributed by atoms with van der Waals surface area (Å²) in [5.74, 6) is 0. The predicted octanol–water partition coefficient (Wildman–Crippen LogP) is 2.58. The molecule has 120 valence electrons. The molecule has 0 bridgehead atoms. The monoisotopic (exact) mass is 336 g/mol. The van der Waals surface area contributed by atoms with Crippen molar-refractivity contribution in [3.63, 3.8) is 0 Å². The molecule has 1 N–H and O–H groups in total. The van der Waals surface area contributed by atoms with Crippen LogP contribution in [0.3, 0.4) is 0 Å². The lowest BCUT2D eigenvalue weighted by Crippen LogP contribution is -2.26. The number of fused-ring (bicyclic) bond motifs is 3. The number of hydrogen-bond acceptors (Lipinski definition) is 5. The fourth-order valence-electron chi connectivity index (χ4n) is 3.23. The van der Waals surface area contributed by atoms with E-state index in [1.807, 2.05) is 25.1 Å². The van der Waals surface area contributed by atoms with Crippen molar-refractivity contribution in [2.24, 2.45) is 0 Å². The van der Waals surface area contributed by atoms with E-state index in [0.717, 1.165) is 40.9 Å². The van der Waals surface area contributed by atoms with Crippen LogP contribution in [0.4, 0.5) is 0 Å². The zero-order valence-electron chi connectivity index (χ0n) is 13.2. The van der Waals surface area contributed by atoms with E-state index in [-0.39, 0.29) is 11.6 Å². The number of hydrogen-bond donors (Lipinski definition) is 1. The minimum Gasteiger partial charge on any atom is -0.312 e. The Bertz CT molecular complexity index is 1030. The van der Waals surface area contributed by atoms with Crippen LogP contribution in [0.15, 0.2) is 35.4 Å². The van der Waals surface area contributed by atoms with Gasteiger partial charge in [-0.2, -0.15) is 5.26 Å². The Morgan fingerprint density at radius 2 is 2.33 bits per heavy atom. The Labute approximate surface area is 143 Å². The molecule has 3 heterocycles. The van der Waals surface area contributed by atoms with Gasteiger partial charge < -0.3 is 5.32 Å². The van der Waals surface area contributed by atoms with Gasteiger partial charge in [-0.3, -0.25) is 9.36 Å². The van der Waals surface area contributed by atoms with Crippen molar-refractivity contribution in [2.45, 2.75) is 25.9 Å². The lowest BCUT2D eigenvalue weighted by atomic mass is 10.0. The highest BCUT2D eigenvalue weighted by molar-refractivity contribution is 7.18. The zero-order chi connectivity index (χ0) is 16.7. The summed E-state index contributed by atoms with van der Waals surface area (Å²) >= 11 is 1.61. The molecule has 0 spiro atoms. The van der Waals surface area contributed by atoms with Crippen LogP contribution >= 0.6 is 11.3 Å². The van der Waals surface area contributed by atoms with E-state index in [4.69, 9.17) is 5.26 Å². The van der Waals surface area contributed by atoms with Crippen molar-refractivity contribution in [1.82, 2.24) is 14.9 Å². The third-order valence-electron chi connectivity index (χ3n) is 4.57. The van der Waals surface area contributed by atoms with Crippen molar-refractivity contribution in [3.05, 3.63) is 62.5 Å². The lowest BCUT2D eigenvalue weighted by molar-refractivity contribution is 0.607. The van der Waals surface area contributed by atoms with Gasteiger partial charge in [-0.05, 0) is 43.1 Å². The molecular weight excluding hydrogens is 320 g/mol. The maximum absolute atomic E-state index is 13.1. The van der Waals surface area contributed by atoms with Gasteiger partial charge in [-0.25, -0.2) is 4.98 Å². The van der Waals surface area contributed by atoms with Crippen LogP contribution < -0.4 is 10.9 Å². The standard InChI is InChI=1S/C18H16N4OS/c1-11(13-4-2-3-12(7-13)8-19)22-10-21-17-16(18(22)23)14-5-6-20-9-15(14)24-17/h2-4,7,10-11,20H,5-6,9H2,1H3/t11-/m1/s1. The molecule has 6 heteroatoms. The first-order valence-corrected chi connectivity index (χ1v) is 8.73. The summed E-state index contributed by atoms with van der Waals surface area (Å²) in [6.45, 7) is 3.67. The number of nitrogens with zero attached hydrogens (tertiary/aromatic N) is 3. The molecule has 0 fully saturated rings. The van der Waals surface area contributed by atoms with Crippen LogP contribution in [0.1, 0.15) is 34.5 Å². The molecule has 2 aromatic heterocycles. The van der Waals surface area contributed by atoms with E-state index in [0.29, 0.717) is 5.56 Å². The van der Waals surface area contributed by atoms with E-state index in [1.54, 1.807) is 28.3 Å². The molecule has 1 aliphatic heterocycles. The number of nitriles is 1. The lowest BCUT2D eigenvalue weighted by Gasteiger charge is -2.16. The normalized spacial score (nSPS) is 15.0. The van der Waals surface area contributed by atoms with Crippen LogP contribution in [0.25, 0.3) is 10.2 Å². The average molecular weight is 336 g/mol. The van der Waals surface area contributed by atoms with E-state index in [9.17, 15) is 4.79 Å². The minimum atomic E-state index is -0.167. The first-order valence-electron chi connectivity index (χ1n) is 7.91. The first-order chi connectivity index (χ1) is 11.7. The molecular formula is C18H16N4OS. The fourth-order valence-corrected chi connectivity index (χ4v) is 4.38. The van der Waals surface area contributed by atoms with Gasteiger partial charge in [0.05, 0.1) is 29.4 Å². The first kappa shape index (κ1) is 15.1. The maximum atomic E-state index is 13.1. The number of thiophene rings is 1. The van der Waals surface area contributed by atoms with Gasteiger partial charge in [-0.15, -0.1) is 11.3 Å². The fraction of sp³-hybridized carbons (Fsp3) is 0.278. The van der Waals surface area contributed by atoms with Gasteiger partial charge in [-0.1, -0.05) is 12.1 Å². The Balaban J connectivity index is 1.86. The van der Waals surface area contributed by atoms with Crippen molar-refractivity contribution < 1.29 is 0 Å². The maximum Gasteiger partial charge on any atom is 0.262 e. The predicted molar refractivity (Wildman–Crippen MR) is 94.3 cm³/mol. The zero-order valence-corrected chi connectivity index (χ0v) is 14.1. The number of rotatable bonds is 2. The van der Waals surface area contributed by atoms with Gasteiger partial charge >= 0.3 is 0 Å². The van der Waals surface area contributed by atoms with Crippen LogP contribution in [-0.4, -0.2) is 16.1 Å². The van der Waals surface area contributed by atoms with E-state index < -0.39 is 0 Å². The molecule has 0 radical (unpaired) electrons. The quantitative estimate of drug-likeness (QED) is 0.781. The van der Waals surface area contributed by atoms with Gasteiger partial charge in [0.1, 0.15) is 4.83 Å². The topological polar surface area (TPSA) is 70.7 Å². The molecule has 1 aliphatic rings. The summed E-state index contributed by atoms with van der Waals surface area (Å²) in [5, 5.41) is 13.2. The summed E-state index contributed by atoms with van der Waals surface area (Å²) in [5.41, 5.74) is 2.69. The van der Waals surface area contributed by atoms with Crippen LogP contribution in [-0.2, 0) is 13.0 Å². The number of benzene rings is 1. The molecule has 0 unspecified atom stereocenters. The third-order valence-corrected chi connectivity index (χ3v) is 5.71. The van der Waals surface area contributed by atoms with Crippen LogP contribution in [0.2, 0.25) is 0 Å². The summed E-state index contributed by atoms with van der Waals surface area (Å²) in [6, 6.07) is 9.36. The highest BCUT2D eigenvalue weighted by atomic mass is 32.1. The molecule has 4 rings (SSSR count). The largest absolute Gasteiger partial charge is 0.312 e. The minimum absolute atomic E-state index is 0.00857. The van der Waals surface area contributed by atoms with Crippen LogP contribution in [0.5, 0.6) is 0 Å². The second-order valence-corrected chi connectivity index (χ2v) is 7.06. The molecule has 5 nitrogen and oxygen atoms in total. The van der Waals surface area contributed by atoms with Crippen LogP contribution in [0, 0.1) is 11.3 Å². The molecule has 1 aromatic carbocycles. The second-order valence-electron chi connectivity index (χ2n) is 5.98. The summed E-state index contributed by atoms with van der Waals surface area (Å²) in [6.07, 6.45) is 2.50.